The molecule has 2 aliphatic rings. The zero-order valence-corrected chi connectivity index (χ0v) is 16.6. The Labute approximate surface area is 171 Å². The van der Waals surface area contributed by atoms with E-state index in [1.807, 2.05) is 24.3 Å². The first-order valence-electron chi connectivity index (χ1n) is 8.56. The molecular formula is C20H17ClN4O2S. The number of fused-ring (bicyclic) bond motifs is 2. The molecule has 8 heteroatoms. The molecule has 6 nitrogen and oxygen atoms in total. The average molecular weight is 413 g/mol. The third-order valence-corrected chi connectivity index (χ3v) is 5.42. The Morgan fingerprint density at radius 1 is 1.36 bits per heavy atom. The van der Waals surface area contributed by atoms with Gasteiger partial charge in [0.1, 0.15) is 11.4 Å². The van der Waals surface area contributed by atoms with E-state index in [1.54, 1.807) is 36.4 Å². The Hall–Kier alpha value is -2.77. The fourth-order valence-corrected chi connectivity index (χ4v) is 3.91. The van der Waals surface area contributed by atoms with Crippen LogP contribution in [0, 0.1) is 0 Å². The summed E-state index contributed by atoms with van der Waals surface area (Å²) in [5.74, 6) is 1.02. The summed E-state index contributed by atoms with van der Waals surface area (Å²) in [5.41, 5.74) is 1.18. The molecule has 2 aromatic rings. The fraction of sp³-hybridized carbons (Fsp3) is 0.150. The molecule has 4 rings (SSSR count). The van der Waals surface area contributed by atoms with Gasteiger partial charge in [0.25, 0.3) is 5.91 Å². The van der Waals surface area contributed by atoms with Gasteiger partial charge in [-0.2, -0.15) is 0 Å². The van der Waals surface area contributed by atoms with Gasteiger partial charge in [0, 0.05) is 21.6 Å². The van der Waals surface area contributed by atoms with Crippen LogP contribution in [0.2, 0.25) is 5.02 Å². The Morgan fingerprint density at radius 2 is 2.18 bits per heavy atom. The van der Waals surface area contributed by atoms with E-state index in [1.165, 1.54) is 11.8 Å². The molecule has 0 spiro atoms. The van der Waals surface area contributed by atoms with E-state index in [9.17, 15) is 4.79 Å². The molecule has 0 saturated carbocycles. The van der Waals surface area contributed by atoms with E-state index >= 15 is 0 Å². The number of thioether (sulfide) groups is 1. The second-order valence-corrected chi connectivity index (χ2v) is 7.50. The van der Waals surface area contributed by atoms with Gasteiger partial charge in [-0.25, -0.2) is 5.01 Å². The predicted octanol–water partition coefficient (Wildman–Crippen LogP) is 2.41. The van der Waals surface area contributed by atoms with Gasteiger partial charge in [-0.05, 0) is 24.3 Å². The lowest BCUT2D eigenvalue weighted by Crippen LogP contribution is -2.50. The quantitative estimate of drug-likeness (QED) is 0.783. The van der Waals surface area contributed by atoms with E-state index in [0.29, 0.717) is 32.7 Å². The van der Waals surface area contributed by atoms with Crippen molar-refractivity contribution in [2.75, 3.05) is 12.9 Å². The Kier molecular flexibility index (Phi) is 5.11. The number of halogens is 1. The van der Waals surface area contributed by atoms with Crippen molar-refractivity contribution in [1.82, 2.24) is 10.3 Å². The maximum absolute atomic E-state index is 13.0. The van der Waals surface area contributed by atoms with Gasteiger partial charge in [-0.1, -0.05) is 47.6 Å². The largest absolute Gasteiger partial charge is 0.496 e. The lowest BCUT2D eigenvalue weighted by molar-refractivity contribution is -0.116. The number of hydrogen-bond acceptors (Lipinski definition) is 6. The first kappa shape index (κ1) is 18.6. The summed E-state index contributed by atoms with van der Waals surface area (Å²) in [7, 11) is 1.59. The molecule has 0 unspecified atom stereocenters. The number of hydrogen-bond donors (Lipinski definition) is 1. The molecule has 0 aliphatic carbocycles. The van der Waals surface area contributed by atoms with Crippen LogP contribution in [0.1, 0.15) is 11.7 Å². The smallest absolute Gasteiger partial charge is 0.276 e. The average Bonchev–Trinajstić information content (AvgIpc) is 2.71. The number of ether oxygens (including phenoxy) is 1. The van der Waals surface area contributed by atoms with Crippen LogP contribution in [-0.4, -0.2) is 28.9 Å². The summed E-state index contributed by atoms with van der Waals surface area (Å²) in [4.78, 5) is 17.8. The van der Waals surface area contributed by atoms with Gasteiger partial charge in [0.15, 0.2) is 11.3 Å². The molecule has 1 atom stereocenters. The van der Waals surface area contributed by atoms with E-state index in [4.69, 9.17) is 21.3 Å². The molecule has 0 radical (unpaired) electrons. The highest BCUT2D eigenvalue weighted by Crippen LogP contribution is 2.36. The van der Waals surface area contributed by atoms with Crippen molar-refractivity contribution in [3.8, 4) is 5.75 Å². The summed E-state index contributed by atoms with van der Waals surface area (Å²) in [6.07, 6.45) is 1.18. The molecule has 0 saturated heterocycles. The number of para-hydroxylation sites is 1. The molecule has 142 valence electrons. The maximum atomic E-state index is 13.0. The van der Waals surface area contributed by atoms with Crippen molar-refractivity contribution in [1.29, 1.82) is 0 Å². The predicted molar refractivity (Wildman–Crippen MR) is 111 cm³/mol. The summed E-state index contributed by atoms with van der Waals surface area (Å²) < 4.78 is 5.52. The van der Waals surface area contributed by atoms with Crippen LogP contribution in [0.25, 0.3) is 5.70 Å². The monoisotopic (exact) mass is 412 g/mol. The first-order valence-corrected chi connectivity index (χ1v) is 9.92. The minimum atomic E-state index is -0.580. The van der Waals surface area contributed by atoms with E-state index in [2.05, 4.69) is 17.0 Å². The van der Waals surface area contributed by atoms with Gasteiger partial charge >= 0.3 is 0 Å². The maximum Gasteiger partial charge on any atom is 0.276 e. The van der Waals surface area contributed by atoms with Crippen molar-refractivity contribution >= 4 is 40.1 Å². The second-order valence-electron chi connectivity index (χ2n) is 6.06. The molecule has 1 amide bonds. The van der Waals surface area contributed by atoms with E-state index in [-0.39, 0.29) is 5.91 Å². The third-order valence-electron chi connectivity index (χ3n) is 4.32. The zero-order valence-electron chi connectivity index (χ0n) is 15.1. The normalized spacial score (nSPS) is 17.7. The van der Waals surface area contributed by atoms with Crippen LogP contribution in [0.15, 0.2) is 65.2 Å². The molecule has 0 fully saturated rings. The molecule has 1 N–H and O–H groups in total. The van der Waals surface area contributed by atoms with Crippen LogP contribution < -0.4 is 20.6 Å². The number of amidine groups is 1. The fourth-order valence-electron chi connectivity index (χ4n) is 3.14. The Bertz CT molecular complexity index is 1120. The molecule has 0 bridgehead atoms. The second kappa shape index (κ2) is 7.69. The summed E-state index contributed by atoms with van der Waals surface area (Å²) in [6, 6.07) is 12.8. The van der Waals surface area contributed by atoms with Gasteiger partial charge in [-0.15, -0.1) is 11.7 Å². The standard InChI is InChI=1S/C20H17ClN4O2S/c1-3-10-28-20-23-19(26)17-13-6-4-5-7-15(13)22-18(25(17)24-20)14-11-12(21)8-9-16(14)27-2/h3-9,11,18H,1,10H2,2H3,(H,23,24,26)/t18-/m1/s1. The number of rotatable bonds is 4. The Balaban J connectivity index is 1.95. The topological polar surface area (TPSA) is 66.3 Å². The van der Waals surface area contributed by atoms with E-state index < -0.39 is 6.17 Å². The molecular weight excluding hydrogens is 396 g/mol. The van der Waals surface area contributed by atoms with Crippen LogP contribution >= 0.6 is 23.4 Å². The first-order chi connectivity index (χ1) is 13.6. The lowest BCUT2D eigenvalue weighted by atomic mass is 10.1. The molecule has 28 heavy (non-hydrogen) atoms. The van der Waals surface area contributed by atoms with Crippen molar-refractivity contribution < 1.29 is 9.53 Å². The van der Waals surface area contributed by atoms with Crippen molar-refractivity contribution in [3.63, 3.8) is 0 Å². The number of methoxy groups -OCH3 is 1. The SMILES string of the molecule is C=CCSC1=NN2C(=c3ccccc3=N[C@H]2c2cc(Cl)ccc2OC)C(=O)N1. The minimum absolute atomic E-state index is 0.227. The summed E-state index contributed by atoms with van der Waals surface area (Å²) in [6.45, 7) is 3.71. The number of nitrogens with one attached hydrogen (secondary N) is 1. The molecule has 0 aromatic heterocycles. The highest BCUT2D eigenvalue weighted by atomic mass is 35.5. The van der Waals surface area contributed by atoms with Crippen LogP contribution in [0.5, 0.6) is 5.75 Å². The highest BCUT2D eigenvalue weighted by Gasteiger charge is 2.35. The summed E-state index contributed by atoms with van der Waals surface area (Å²) in [5, 5.41) is 11.6. The third kappa shape index (κ3) is 3.27. The zero-order chi connectivity index (χ0) is 19.7. The van der Waals surface area contributed by atoms with Crippen LogP contribution in [-0.2, 0) is 4.79 Å². The van der Waals surface area contributed by atoms with Crippen LogP contribution in [0.4, 0.5) is 0 Å². The molecule has 2 aliphatic heterocycles. The number of nitrogens with zero attached hydrogens (tertiary/aromatic N) is 3. The van der Waals surface area contributed by atoms with Crippen molar-refractivity contribution in [3.05, 3.63) is 76.3 Å². The highest BCUT2D eigenvalue weighted by molar-refractivity contribution is 8.14. The minimum Gasteiger partial charge on any atom is -0.496 e. The number of carbonyl (C=O) groups is 1. The molecule has 2 aromatic carbocycles. The van der Waals surface area contributed by atoms with Gasteiger partial charge in [0.05, 0.1) is 12.5 Å². The van der Waals surface area contributed by atoms with Gasteiger partial charge < -0.3 is 4.74 Å². The molecule has 2 heterocycles. The number of hydrazone groups is 1. The van der Waals surface area contributed by atoms with Crippen molar-refractivity contribution in [2.45, 2.75) is 6.17 Å². The lowest BCUT2D eigenvalue weighted by Gasteiger charge is -2.34. The Morgan fingerprint density at radius 3 is 2.96 bits per heavy atom. The van der Waals surface area contributed by atoms with Gasteiger partial charge in [-0.3, -0.25) is 15.1 Å². The van der Waals surface area contributed by atoms with E-state index in [0.717, 1.165) is 10.8 Å². The summed E-state index contributed by atoms with van der Waals surface area (Å²) >= 11 is 7.64. The van der Waals surface area contributed by atoms with Gasteiger partial charge in [0.2, 0.25) is 0 Å². The number of carbonyl (C=O) groups excluding carboxylic acids is 1. The number of amides is 1. The van der Waals surface area contributed by atoms with Crippen LogP contribution in [0.3, 0.4) is 0 Å². The van der Waals surface area contributed by atoms with Crippen molar-refractivity contribution in [2.24, 2.45) is 10.1 Å². The number of benzene rings is 2.